The van der Waals surface area contributed by atoms with Gasteiger partial charge in [-0.3, -0.25) is 9.69 Å². The van der Waals surface area contributed by atoms with Crippen molar-refractivity contribution in [1.82, 2.24) is 9.80 Å². The van der Waals surface area contributed by atoms with Gasteiger partial charge in [-0.2, -0.15) is 0 Å². The van der Waals surface area contributed by atoms with Crippen molar-refractivity contribution >= 4 is 5.91 Å². The Morgan fingerprint density at radius 1 is 1.00 bits per heavy atom. The number of aryl methyl sites for hydroxylation is 1. The summed E-state index contributed by atoms with van der Waals surface area (Å²) in [6, 6.07) is 15.1. The number of amides is 1. The van der Waals surface area contributed by atoms with Crippen LogP contribution in [0, 0.1) is 5.82 Å². The molecule has 0 N–H and O–H groups in total. The van der Waals surface area contributed by atoms with Crippen LogP contribution in [0.2, 0.25) is 0 Å². The highest BCUT2D eigenvalue weighted by Crippen LogP contribution is 2.29. The maximum atomic E-state index is 13.2. The van der Waals surface area contributed by atoms with Crippen molar-refractivity contribution in [1.29, 1.82) is 0 Å². The van der Waals surface area contributed by atoms with Gasteiger partial charge in [0.25, 0.3) is 0 Å². The van der Waals surface area contributed by atoms with Gasteiger partial charge in [0.2, 0.25) is 5.91 Å². The van der Waals surface area contributed by atoms with E-state index in [4.69, 9.17) is 0 Å². The predicted octanol–water partition coefficient (Wildman–Crippen LogP) is 3.79. The van der Waals surface area contributed by atoms with E-state index in [1.807, 2.05) is 16.8 Å². The van der Waals surface area contributed by atoms with Gasteiger partial charge in [0.1, 0.15) is 12.0 Å². The Kier molecular flexibility index (Phi) is 5.49. The molecule has 132 valence electrons. The van der Waals surface area contributed by atoms with E-state index in [1.54, 1.807) is 12.1 Å². The summed E-state index contributed by atoms with van der Waals surface area (Å²) in [7, 11) is 1.94. The molecule has 1 unspecified atom stereocenters. The highest BCUT2D eigenvalue weighted by Gasteiger charge is 2.36. The lowest BCUT2D eigenvalue weighted by Gasteiger charge is -2.28. The molecule has 1 aliphatic rings. The molecule has 1 heterocycles. The molecule has 0 radical (unpaired) electrons. The molecule has 2 aromatic rings. The first-order valence-corrected chi connectivity index (χ1v) is 8.91. The molecule has 1 aliphatic heterocycles. The lowest BCUT2D eigenvalue weighted by Crippen LogP contribution is -2.32. The van der Waals surface area contributed by atoms with E-state index in [0.717, 1.165) is 24.8 Å². The second-order valence-corrected chi connectivity index (χ2v) is 6.74. The Hall–Kier alpha value is -2.20. The molecule has 25 heavy (non-hydrogen) atoms. The third-order valence-electron chi connectivity index (χ3n) is 4.79. The van der Waals surface area contributed by atoms with Gasteiger partial charge < -0.3 is 4.90 Å². The summed E-state index contributed by atoms with van der Waals surface area (Å²) < 4.78 is 13.2. The first-order valence-electron chi connectivity index (χ1n) is 8.91. The quantitative estimate of drug-likeness (QED) is 0.799. The van der Waals surface area contributed by atoms with Crippen LogP contribution in [-0.4, -0.2) is 35.8 Å². The molecule has 0 saturated carbocycles. The molecule has 3 rings (SSSR count). The second-order valence-electron chi connectivity index (χ2n) is 6.74. The minimum absolute atomic E-state index is 0.118. The van der Waals surface area contributed by atoms with Crippen LogP contribution in [0.3, 0.4) is 0 Å². The average molecular weight is 340 g/mol. The third kappa shape index (κ3) is 4.07. The van der Waals surface area contributed by atoms with E-state index >= 15 is 0 Å². The highest BCUT2D eigenvalue weighted by molar-refractivity contribution is 5.81. The van der Waals surface area contributed by atoms with E-state index in [-0.39, 0.29) is 17.9 Å². The first-order chi connectivity index (χ1) is 12.1. The van der Waals surface area contributed by atoms with Gasteiger partial charge in [0.05, 0.1) is 6.54 Å². The second kappa shape index (κ2) is 7.79. The molecule has 3 nitrogen and oxygen atoms in total. The fraction of sp³-hybridized carbons (Fsp3) is 0.381. The molecular weight excluding hydrogens is 315 g/mol. The minimum atomic E-state index is -0.255. The molecule has 4 heteroatoms. The zero-order chi connectivity index (χ0) is 17.8. The summed E-state index contributed by atoms with van der Waals surface area (Å²) in [6.07, 6.45) is 2.95. The van der Waals surface area contributed by atoms with Gasteiger partial charge >= 0.3 is 0 Å². The zero-order valence-corrected chi connectivity index (χ0v) is 14.9. The molecule has 0 aromatic heterocycles. The van der Waals surface area contributed by atoms with Crippen molar-refractivity contribution in [3.8, 4) is 0 Å². The fourth-order valence-corrected chi connectivity index (χ4v) is 3.49. The number of rotatable bonds is 6. The number of halogens is 1. The van der Waals surface area contributed by atoms with Crippen molar-refractivity contribution in [2.24, 2.45) is 0 Å². The molecule has 1 saturated heterocycles. The van der Waals surface area contributed by atoms with Crippen molar-refractivity contribution in [3.05, 3.63) is 71.0 Å². The molecular formula is C21H25FN2O. The van der Waals surface area contributed by atoms with Crippen LogP contribution in [0.5, 0.6) is 0 Å². The van der Waals surface area contributed by atoms with Crippen molar-refractivity contribution in [3.63, 3.8) is 0 Å². The summed E-state index contributed by atoms with van der Waals surface area (Å²) in [5.41, 5.74) is 3.54. The monoisotopic (exact) mass is 340 g/mol. The van der Waals surface area contributed by atoms with Gasteiger partial charge in [-0.05, 0) is 48.7 Å². The number of nitrogens with zero attached hydrogens (tertiary/aromatic N) is 2. The van der Waals surface area contributed by atoms with Crippen molar-refractivity contribution < 1.29 is 9.18 Å². The summed E-state index contributed by atoms with van der Waals surface area (Å²) in [5.74, 6) is -0.131. The fourth-order valence-electron chi connectivity index (χ4n) is 3.49. The maximum Gasteiger partial charge on any atom is 0.238 e. The molecule has 0 aliphatic carbocycles. The van der Waals surface area contributed by atoms with Gasteiger partial charge in [-0.15, -0.1) is 0 Å². The topological polar surface area (TPSA) is 23.6 Å². The van der Waals surface area contributed by atoms with Crippen LogP contribution in [0.15, 0.2) is 48.5 Å². The summed E-state index contributed by atoms with van der Waals surface area (Å²) >= 11 is 0. The van der Waals surface area contributed by atoms with Crippen LogP contribution < -0.4 is 0 Å². The molecule has 0 bridgehead atoms. The average Bonchev–Trinajstić information content (AvgIpc) is 2.89. The zero-order valence-electron chi connectivity index (χ0n) is 14.9. The largest absolute Gasteiger partial charge is 0.321 e. The van der Waals surface area contributed by atoms with Crippen LogP contribution >= 0.6 is 0 Å². The molecule has 2 aromatic carbocycles. The van der Waals surface area contributed by atoms with E-state index in [9.17, 15) is 9.18 Å². The highest BCUT2D eigenvalue weighted by atomic mass is 19.1. The lowest BCUT2D eigenvalue weighted by molar-refractivity contribution is -0.128. The van der Waals surface area contributed by atoms with Crippen molar-refractivity contribution in [2.45, 2.75) is 32.4 Å². The van der Waals surface area contributed by atoms with Gasteiger partial charge in [-0.1, -0.05) is 49.7 Å². The standard InChI is InChI=1S/C21H25FN2O/c1-3-4-16-5-7-17(8-6-16)13-14-24-20(25)15-23(2)21(24)18-9-11-19(22)12-10-18/h5-12,21H,3-4,13-15H2,1-2H3. The summed E-state index contributed by atoms with van der Waals surface area (Å²) in [6.45, 7) is 3.24. The number of carbonyl (C=O) groups excluding carboxylic acids is 1. The number of carbonyl (C=O) groups is 1. The minimum Gasteiger partial charge on any atom is -0.321 e. The number of hydrogen-bond donors (Lipinski definition) is 0. The third-order valence-corrected chi connectivity index (χ3v) is 4.79. The summed E-state index contributed by atoms with van der Waals surface area (Å²) in [5, 5.41) is 0. The first kappa shape index (κ1) is 17.6. The Labute approximate surface area is 149 Å². The Balaban J connectivity index is 1.70. The van der Waals surface area contributed by atoms with E-state index in [1.165, 1.54) is 23.3 Å². The van der Waals surface area contributed by atoms with Gasteiger partial charge in [0.15, 0.2) is 0 Å². The number of hydrogen-bond acceptors (Lipinski definition) is 2. The van der Waals surface area contributed by atoms with Gasteiger partial charge in [-0.25, -0.2) is 4.39 Å². The normalized spacial score (nSPS) is 18.1. The molecule has 1 atom stereocenters. The smallest absolute Gasteiger partial charge is 0.238 e. The Morgan fingerprint density at radius 3 is 2.20 bits per heavy atom. The SMILES string of the molecule is CCCc1ccc(CCN2C(=O)CN(C)C2c2ccc(F)cc2)cc1. The van der Waals surface area contributed by atoms with Crippen LogP contribution in [-0.2, 0) is 17.6 Å². The lowest BCUT2D eigenvalue weighted by atomic mass is 10.1. The Bertz CT molecular complexity index is 712. The van der Waals surface area contributed by atoms with E-state index in [0.29, 0.717) is 13.1 Å². The predicted molar refractivity (Wildman–Crippen MR) is 97.6 cm³/mol. The summed E-state index contributed by atoms with van der Waals surface area (Å²) in [4.78, 5) is 16.3. The molecule has 0 spiro atoms. The van der Waals surface area contributed by atoms with E-state index in [2.05, 4.69) is 31.2 Å². The Morgan fingerprint density at radius 2 is 1.60 bits per heavy atom. The molecule has 1 amide bonds. The number of benzene rings is 2. The van der Waals surface area contributed by atoms with E-state index < -0.39 is 0 Å². The van der Waals surface area contributed by atoms with Crippen LogP contribution in [0.25, 0.3) is 0 Å². The van der Waals surface area contributed by atoms with Crippen molar-refractivity contribution in [2.75, 3.05) is 20.1 Å². The number of likely N-dealkylation sites (N-methyl/N-ethyl adjacent to an activating group) is 1. The molecule has 1 fully saturated rings. The van der Waals surface area contributed by atoms with Crippen LogP contribution in [0.4, 0.5) is 4.39 Å². The van der Waals surface area contributed by atoms with Crippen LogP contribution in [0.1, 0.15) is 36.2 Å². The maximum absolute atomic E-state index is 13.2. The van der Waals surface area contributed by atoms with Gasteiger partial charge in [0, 0.05) is 6.54 Å².